The van der Waals surface area contributed by atoms with E-state index in [1.807, 2.05) is 0 Å². The van der Waals surface area contributed by atoms with Crippen LogP contribution in [0.5, 0.6) is 0 Å². The van der Waals surface area contributed by atoms with Gasteiger partial charge >= 0.3 is 6.18 Å². The fourth-order valence-corrected chi connectivity index (χ4v) is 1.34. The third-order valence-electron chi connectivity index (χ3n) is 2.68. The van der Waals surface area contributed by atoms with Gasteiger partial charge in [0, 0.05) is 11.2 Å². The second kappa shape index (κ2) is 4.77. The van der Waals surface area contributed by atoms with Gasteiger partial charge < -0.3 is 5.32 Å². The van der Waals surface area contributed by atoms with Gasteiger partial charge in [-0.25, -0.2) is 0 Å². The largest absolute Gasteiger partial charge is 0.418 e. The van der Waals surface area contributed by atoms with Crippen LogP contribution in [0.25, 0.3) is 0 Å². The monoisotopic (exact) mass is 265 g/mol. The zero-order valence-corrected chi connectivity index (χ0v) is 10.7. The highest BCUT2D eigenvalue weighted by Crippen LogP contribution is 2.36. The van der Waals surface area contributed by atoms with E-state index < -0.39 is 17.3 Å². The van der Waals surface area contributed by atoms with E-state index in [4.69, 9.17) is 11.6 Å². The molecule has 0 aliphatic rings. The lowest BCUT2D eigenvalue weighted by Crippen LogP contribution is -2.39. The minimum atomic E-state index is -4.37. The molecule has 0 saturated heterocycles. The molecule has 1 rings (SSSR count). The van der Waals surface area contributed by atoms with Crippen molar-refractivity contribution in [3.05, 3.63) is 29.8 Å². The first-order chi connectivity index (χ1) is 7.64. The van der Waals surface area contributed by atoms with E-state index in [9.17, 15) is 13.2 Å². The molecule has 0 radical (unpaired) electrons. The van der Waals surface area contributed by atoms with E-state index in [1.54, 1.807) is 26.8 Å². The standard InChI is InChI=1S/C12H15ClF3N/c1-8(13)11(2,3)17-10-7-5-4-6-9(10)12(14,15)16/h4-8,17H,1-3H3. The maximum absolute atomic E-state index is 12.8. The van der Waals surface area contributed by atoms with E-state index in [0.29, 0.717) is 0 Å². The van der Waals surface area contributed by atoms with Crippen molar-refractivity contribution in [3.8, 4) is 0 Å². The topological polar surface area (TPSA) is 12.0 Å². The Morgan fingerprint density at radius 2 is 1.71 bits per heavy atom. The smallest absolute Gasteiger partial charge is 0.378 e. The van der Waals surface area contributed by atoms with Crippen molar-refractivity contribution in [3.63, 3.8) is 0 Å². The van der Waals surface area contributed by atoms with E-state index in [1.165, 1.54) is 12.1 Å². The molecule has 0 heterocycles. The summed E-state index contributed by atoms with van der Waals surface area (Å²) in [6, 6.07) is 5.39. The van der Waals surface area contributed by atoms with Gasteiger partial charge in [0.25, 0.3) is 0 Å². The van der Waals surface area contributed by atoms with Crippen LogP contribution in [-0.2, 0) is 6.18 Å². The third-order valence-corrected chi connectivity index (χ3v) is 3.23. The summed E-state index contributed by atoms with van der Waals surface area (Å²) in [7, 11) is 0. The minimum Gasteiger partial charge on any atom is -0.378 e. The molecular formula is C12H15ClF3N. The number of hydrogen-bond acceptors (Lipinski definition) is 1. The summed E-state index contributed by atoms with van der Waals surface area (Å²) >= 11 is 5.94. The first kappa shape index (κ1) is 14.2. The molecule has 0 amide bonds. The average molecular weight is 266 g/mol. The minimum absolute atomic E-state index is 0.0532. The zero-order valence-electron chi connectivity index (χ0n) is 9.90. The first-order valence-electron chi connectivity index (χ1n) is 5.23. The van der Waals surface area contributed by atoms with Crippen LogP contribution in [-0.4, -0.2) is 10.9 Å². The lowest BCUT2D eigenvalue weighted by molar-refractivity contribution is -0.137. The Morgan fingerprint density at radius 3 is 2.18 bits per heavy atom. The van der Waals surface area contributed by atoms with Crippen molar-refractivity contribution in [1.29, 1.82) is 0 Å². The molecule has 1 aromatic rings. The number of benzene rings is 1. The van der Waals surface area contributed by atoms with Gasteiger partial charge in [0.1, 0.15) is 0 Å². The third kappa shape index (κ3) is 3.53. The normalized spacial score (nSPS) is 14.5. The number of nitrogens with one attached hydrogen (secondary N) is 1. The van der Waals surface area contributed by atoms with Gasteiger partial charge in [-0.1, -0.05) is 12.1 Å². The number of rotatable bonds is 3. The molecule has 0 aliphatic carbocycles. The molecule has 1 N–H and O–H groups in total. The van der Waals surface area contributed by atoms with Crippen molar-refractivity contribution in [2.24, 2.45) is 0 Å². The lowest BCUT2D eigenvalue weighted by Gasteiger charge is -2.31. The molecule has 96 valence electrons. The molecule has 1 unspecified atom stereocenters. The summed E-state index contributed by atoms with van der Waals surface area (Å²) in [4.78, 5) is 0. The fourth-order valence-electron chi connectivity index (χ4n) is 1.29. The first-order valence-corrected chi connectivity index (χ1v) is 5.66. The Labute approximate surface area is 104 Å². The van der Waals surface area contributed by atoms with Crippen molar-refractivity contribution in [2.75, 3.05) is 5.32 Å². The number of alkyl halides is 4. The second-order valence-electron chi connectivity index (χ2n) is 4.51. The summed E-state index contributed by atoms with van der Waals surface area (Å²) < 4.78 is 38.3. The SMILES string of the molecule is CC(Cl)C(C)(C)Nc1ccccc1C(F)(F)F. The van der Waals surface area contributed by atoms with Crippen molar-refractivity contribution >= 4 is 17.3 Å². The summed E-state index contributed by atoms with van der Waals surface area (Å²) in [6.07, 6.45) is -4.37. The summed E-state index contributed by atoms with van der Waals surface area (Å²) in [5.41, 5.74) is -1.24. The number of para-hydroxylation sites is 1. The Hall–Kier alpha value is -0.900. The van der Waals surface area contributed by atoms with Gasteiger partial charge in [0.05, 0.1) is 10.9 Å². The molecule has 17 heavy (non-hydrogen) atoms. The molecule has 1 atom stereocenters. The van der Waals surface area contributed by atoms with E-state index in [0.717, 1.165) is 6.07 Å². The lowest BCUT2D eigenvalue weighted by atomic mass is 10.00. The number of hydrogen-bond donors (Lipinski definition) is 1. The van der Waals surface area contributed by atoms with Gasteiger partial charge in [-0.2, -0.15) is 13.2 Å². The van der Waals surface area contributed by atoms with Gasteiger partial charge in [-0.3, -0.25) is 0 Å². The van der Waals surface area contributed by atoms with E-state index >= 15 is 0 Å². The fraction of sp³-hybridized carbons (Fsp3) is 0.500. The van der Waals surface area contributed by atoms with Crippen LogP contribution in [0.3, 0.4) is 0 Å². The van der Waals surface area contributed by atoms with Crippen LogP contribution < -0.4 is 5.32 Å². The van der Waals surface area contributed by atoms with Crippen LogP contribution in [0.1, 0.15) is 26.3 Å². The quantitative estimate of drug-likeness (QED) is 0.792. The van der Waals surface area contributed by atoms with Crippen LogP contribution in [0.4, 0.5) is 18.9 Å². The maximum atomic E-state index is 12.8. The zero-order chi connectivity index (χ0) is 13.3. The molecule has 0 fully saturated rings. The molecule has 0 aromatic heterocycles. The predicted molar refractivity (Wildman–Crippen MR) is 64.5 cm³/mol. The van der Waals surface area contributed by atoms with Crippen molar-refractivity contribution in [2.45, 2.75) is 37.9 Å². The summed E-state index contributed by atoms with van der Waals surface area (Å²) in [5.74, 6) is 0. The van der Waals surface area contributed by atoms with E-state index in [-0.39, 0.29) is 11.1 Å². The molecule has 0 bridgehead atoms. The average Bonchev–Trinajstić information content (AvgIpc) is 2.15. The van der Waals surface area contributed by atoms with Gasteiger partial charge in [0.15, 0.2) is 0 Å². The highest BCUT2D eigenvalue weighted by Gasteiger charge is 2.35. The molecule has 0 saturated carbocycles. The molecular weight excluding hydrogens is 251 g/mol. The molecule has 1 nitrogen and oxygen atoms in total. The second-order valence-corrected chi connectivity index (χ2v) is 5.16. The predicted octanol–water partition coefficient (Wildman–Crippen LogP) is 4.52. The highest BCUT2D eigenvalue weighted by molar-refractivity contribution is 6.21. The van der Waals surface area contributed by atoms with Crippen molar-refractivity contribution < 1.29 is 13.2 Å². The van der Waals surface area contributed by atoms with Gasteiger partial charge in [-0.05, 0) is 32.9 Å². The summed E-state index contributed by atoms with van der Waals surface area (Å²) in [6.45, 7) is 5.26. The Balaban J connectivity index is 3.08. The number of anilines is 1. The summed E-state index contributed by atoms with van der Waals surface area (Å²) in [5, 5.41) is 2.54. The van der Waals surface area contributed by atoms with E-state index in [2.05, 4.69) is 5.32 Å². The maximum Gasteiger partial charge on any atom is 0.418 e. The van der Waals surface area contributed by atoms with Crippen LogP contribution in [0.2, 0.25) is 0 Å². The number of halogens is 4. The molecule has 0 spiro atoms. The Kier molecular flexibility index (Phi) is 3.97. The van der Waals surface area contributed by atoms with Crippen LogP contribution >= 0.6 is 11.6 Å². The van der Waals surface area contributed by atoms with Crippen LogP contribution in [0, 0.1) is 0 Å². The van der Waals surface area contributed by atoms with Gasteiger partial charge in [0.2, 0.25) is 0 Å². The molecule has 1 aromatic carbocycles. The van der Waals surface area contributed by atoms with Gasteiger partial charge in [-0.15, -0.1) is 11.6 Å². The molecule has 5 heteroatoms. The van der Waals surface area contributed by atoms with Crippen LogP contribution in [0.15, 0.2) is 24.3 Å². The Bertz CT molecular complexity index is 386. The molecule has 0 aliphatic heterocycles. The van der Waals surface area contributed by atoms with Crippen molar-refractivity contribution in [1.82, 2.24) is 0 Å². The highest BCUT2D eigenvalue weighted by atomic mass is 35.5. The Morgan fingerprint density at radius 1 is 1.18 bits per heavy atom.